The smallest absolute Gasteiger partial charge is 0.323 e. The number of anilines is 1. The predicted molar refractivity (Wildman–Crippen MR) is 68.7 cm³/mol. The molecule has 6 heteroatoms. The molecule has 2 aromatic rings. The topological polar surface area (TPSA) is 71.2 Å². The normalized spacial score (nSPS) is 10.8. The molecule has 0 radical (unpaired) electrons. The van der Waals surface area contributed by atoms with Crippen LogP contribution in [0.3, 0.4) is 0 Å². The summed E-state index contributed by atoms with van der Waals surface area (Å²) in [6, 6.07) is 5.68. The fourth-order valence-corrected chi connectivity index (χ4v) is 1.87. The molecule has 0 unspecified atom stereocenters. The molecule has 0 amide bonds. The van der Waals surface area contributed by atoms with E-state index in [1.807, 2.05) is 22.9 Å². The van der Waals surface area contributed by atoms with E-state index in [1.165, 1.54) is 0 Å². The van der Waals surface area contributed by atoms with Crippen LogP contribution >= 0.6 is 0 Å². The molecule has 18 heavy (non-hydrogen) atoms. The van der Waals surface area contributed by atoms with Crippen LogP contribution in [-0.4, -0.2) is 39.7 Å². The molecule has 0 fully saturated rings. The summed E-state index contributed by atoms with van der Waals surface area (Å²) in [6.45, 7) is 2.89. The number of hydrogen-bond acceptors (Lipinski definition) is 4. The number of aromatic nitrogens is 3. The van der Waals surface area contributed by atoms with Crippen molar-refractivity contribution < 1.29 is 9.90 Å². The van der Waals surface area contributed by atoms with Crippen LogP contribution in [0, 0.1) is 0 Å². The van der Waals surface area contributed by atoms with Gasteiger partial charge in [-0.1, -0.05) is 12.1 Å². The van der Waals surface area contributed by atoms with Gasteiger partial charge < -0.3 is 10.0 Å². The molecule has 1 N–H and O–H groups in total. The Bertz CT molecular complexity index is 564. The Kier molecular flexibility index (Phi) is 3.45. The lowest BCUT2D eigenvalue weighted by Crippen LogP contribution is -2.24. The van der Waals surface area contributed by atoms with E-state index in [-0.39, 0.29) is 6.54 Å². The Morgan fingerprint density at radius 3 is 2.94 bits per heavy atom. The summed E-state index contributed by atoms with van der Waals surface area (Å²) in [5, 5.41) is 16.9. The maximum atomic E-state index is 10.7. The molecule has 0 aliphatic rings. The van der Waals surface area contributed by atoms with Gasteiger partial charge in [0.05, 0.1) is 5.52 Å². The maximum absolute atomic E-state index is 10.7. The van der Waals surface area contributed by atoms with Gasteiger partial charge in [-0.15, -0.1) is 5.10 Å². The van der Waals surface area contributed by atoms with Gasteiger partial charge in [0.1, 0.15) is 12.1 Å². The van der Waals surface area contributed by atoms with Crippen molar-refractivity contribution in [2.75, 3.05) is 18.5 Å². The van der Waals surface area contributed by atoms with E-state index in [0.29, 0.717) is 0 Å². The average Bonchev–Trinajstić information content (AvgIpc) is 2.71. The average molecular weight is 248 g/mol. The van der Waals surface area contributed by atoms with Crippen molar-refractivity contribution in [3.63, 3.8) is 0 Å². The maximum Gasteiger partial charge on any atom is 0.323 e. The van der Waals surface area contributed by atoms with Gasteiger partial charge in [0.15, 0.2) is 0 Å². The Balaban J connectivity index is 2.30. The fourth-order valence-electron chi connectivity index (χ4n) is 1.87. The fraction of sp³-hybridized carbons (Fsp3) is 0.417. The molecule has 1 aromatic heterocycles. The predicted octanol–water partition coefficient (Wildman–Crippen LogP) is 1.36. The number of hydrogen-bond donors (Lipinski definition) is 1. The van der Waals surface area contributed by atoms with Crippen LogP contribution < -0.4 is 4.90 Å². The van der Waals surface area contributed by atoms with Gasteiger partial charge in [0.25, 0.3) is 0 Å². The van der Waals surface area contributed by atoms with E-state index >= 15 is 0 Å². The molecule has 96 valence electrons. The van der Waals surface area contributed by atoms with Crippen molar-refractivity contribution in [1.29, 1.82) is 0 Å². The summed E-state index contributed by atoms with van der Waals surface area (Å²) in [6.07, 6.45) is 0.999. The molecule has 2 rings (SSSR count). The molecule has 6 nitrogen and oxygen atoms in total. The first-order valence-electron chi connectivity index (χ1n) is 5.88. The molecule has 1 heterocycles. The minimum Gasteiger partial charge on any atom is -0.480 e. The van der Waals surface area contributed by atoms with Crippen molar-refractivity contribution >= 4 is 22.7 Å². The van der Waals surface area contributed by atoms with Crippen LogP contribution in [0.4, 0.5) is 5.69 Å². The van der Waals surface area contributed by atoms with Gasteiger partial charge in [-0.05, 0) is 24.6 Å². The highest BCUT2D eigenvalue weighted by Crippen LogP contribution is 2.19. The first kappa shape index (κ1) is 12.3. The van der Waals surface area contributed by atoms with Crippen molar-refractivity contribution in [2.24, 2.45) is 0 Å². The van der Waals surface area contributed by atoms with Gasteiger partial charge in [-0.3, -0.25) is 4.79 Å². The van der Waals surface area contributed by atoms with Crippen molar-refractivity contribution in [1.82, 2.24) is 15.0 Å². The van der Waals surface area contributed by atoms with Gasteiger partial charge in [0, 0.05) is 19.3 Å². The summed E-state index contributed by atoms with van der Waals surface area (Å²) >= 11 is 0. The number of likely N-dealkylation sites (N-methyl/N-ethyl adjacent to an activating group) is 1. The van der Waals surface area contributed by atoms with E-state index in [0.717, 1.165) is 29.7 Å². The van der Waals surface area contributed by atoms with Crippen LogP contribution in [0.5, 0.6) is 0 Å². The van der Waals surface area contributed by atoms with E-state index in [9.17, 15) is 4.79 Å². The number of aliphatic carboxylic acids is 1. The molecule has 0 spiro atoms. The van der Waals surface area contributed by atoms with E-state index in [1.54, 1.807) is 11.9 Å². The minimum atomic E-state index is -0.854. The molecule has 0 saturated carbocycles. The number of carboxylic acid groups (broad SMARTS) is 1. The van der Waals surface area contributed by atoms with E-state index in [4.69, 9.17) is 5.11 Å². The zero-order valence-electron chi connectivity index (χ0n) is 10.5. The zero-order chi connectivity index (χ0) is 13.1. The molecular weight excluding hydrogens is 232 g/mol. The van der Waals surface area contributed by atoms with E-state index in [2.05, 4.69) is 17.2 Å². The Labute approximate surface area is 105 Å². The highest BCUT2D eigenvalue weighted by atomic mass is 16.4. The molecular formula is C12H16N4O2. The van der Waals surface area contributed by atoms with Crippen molar-refractivity contribution in [3.8, 4) is 0 Å². The number of rotatable bonds is 5. The Morgan fingerprint density at radius 1 is 1.50 bits per heavy atom. The summed E-state index contributed by atoms with van der Waals surface area (Å²) in [7, 11) is 1.74. The molecule has 0 atom stereocenters. The number of nitrogens with zero attached hydrogens (tertiary/aromatic N) is 4. The first-order valence-corrected chi connectivity index (χ1v) is 5.88. The highest BCUT2D eigenvalue weighted by Gasteiger charge is 2.09. The van der Waals surface area contributed by atoms with Gasteiger partial charge >= 0.3 is 5.97 Å². The van der Waals surface area contributed by atoms with Gasteiger partial charge in [0.2, 0.25) is 0 Å². The van der Waals surface area contributed by atoms with Crippen LogP contribution in [0.2, 0.25) is 0 Å². The lowest BCUT2D eigenvalue weighted by atomic mass is 10.2. The van der Waals surface area contributed by atoms with E-state index < -0.39 is 5.97 Å². The van der Waals surface area contributed by atoms with Gasteiger partial charge in [-0.25, -0.2) is 4.68 Å². The lowest BCUT2D eigenvalue weighted by molar-refractivity contribution is -0.135. The third kappa shape index (κ3) is 2.42. The highest BCUT2D eigenvalue weighted by molar-refractivity contribution is 5.80. The third-order valence-corrected chi connectivity index (χ3v) is 2.75. The molecule has 0 aliphatic carbocycles. The number of fused-ring (bicyclic) bond motifs is 1. The zero-order valence-corrected chi connectivity index (χ0v) is 10.5. The molecule has 0 saturated heterocycles. The summed E-state index contributed by atoms with van der Waals surface area (Å²) in [5.74, 6) is -0.854. The summed E-state index contributed by atoms with van der Waals surface area (Å²) in [5.41, 5.74) is 2.59. The van der Waals surface area contributed by atoms with Gasteiger partial charge in [-0.2, -0.15) is 0 Å². The standard InChI is InChI=1S/C12H16N4O2/c1-3-6-16-11-5-4-9(7-10(11)13-14-16)15(2)8-12(17)18/h4-5,7H,3,6,8H2,1-2H3,(H,17,18). The molecule has 1 aromatic carbocycles. The summed E-state index contributed by atoms with van der Waals surface area (Å²) < 4.78 is 1.86. The molecule has 0 aliphatic heterocycles. The first-order chi connectivity index (χ1) is 8.61. The second-order valence-corrected chi connectivity index (χ2v) is 4.24. The lowest BCUT2D eigenvalue weighted by Gasteiger charge is -2.16. The van der Waals surface area contributed by atoms with Crippen molar-refractivity contribution in [2.45, 2.75) is 19.9 Å². The van der Waals surface area contributed by atoms with Crippen LogP contribution in [-0.2, 0) is 11.3 Å². The van der Waals surface area contributed by atoms with Crippen LogP contribution in [0.1, 0.15) is 13.3 Å². The summed E-state index contributed by atoms with van der Waals surface area (Å²) in [4.78, 5) is 12.3. The Hall–Kier alpha value is -2.11. The number of carboxylic acids is 1. The van der Waals surface area contributed by atoms with Crippen molar-refractivity contribution in [3.05, 3.63) is 18.2 Å². The Morgan fingerprint density at radius 2 is 2.28 bits per heavy atom. The third-order valence-electron chi connectivity index (χ3n) is 2.75. The quantitative estimate of drug-likeness (QED) is 0.865. The second kappa shape index (κ2) is 5.03. The van der Waals surface area contributed by atoms with Crippen LogP contribution in [0.15, 0.2) is 18.2 Å². The SMILES string of the molecule is CCCn1nnc2cc(N(C)CC(=O)O)ccc21. The largest absolute Gasteiger partial charge is 0.480 e. The second-order valence-electron chi connectivity index (χ2n) is 4.24. The number of aryl methyl sites for hydroxylation is 1. The minimum absolute atomic E-state index is 0.0331. The van der Waals surface area contributed by atoms with Crippen LogP contribution in [0.25, 0.3) is 11.0 Å². The monoisotopic (exact) mass is 248 g/mol. The number of carbonyl (C=O) groups is 1. The number of benzene rings is 1. The molecule has 0 bridgehead atoms.